The third-order valence-corrected chi connectivity index (χ3v) is 7.80. The molecule has 194 valence electrons. The molecule has 1 aromatic heterocycles. The Hall–Kier alpha value is -2.85. The zero-order valence-electron chi connectivity index (χ0n) is 21.6. The lowest BCUT2D eigenvalue weighted by Crippen LogP contribution is -2.33. The van der Waals surface area contributed by atoms with Gasteiger partial charge in [-0.05, 0) is 94.3 Å². The molecule has 0 bridgehead atoms. The van der Waals surface area contributed by atoms with E-state index < -0.39 is 0 Å². The maximum atomic E-state index is 9.64. The second-order valence-corrected chi connectivity index (χ2v) is 10.7. The summed E-state index contributed by atoms with van der Waals surface area (Å²) in [4.78, 5) is 10.1. The van der Waals surface area contributed by atoms with Gasteiger partial charge in [-0.1, -0.05) is 24.4 Å². The Morgan fingerprint density at radius 1 is 0.838 bits per heavy atom. The number of nitrogens with zero attached hydrogens (tertiary/aromatic N) is 5. The van der Waals surface area contributed by atoms with E-state index in [4.69, 9.17) is 16.6 Å². The third kappa shape index (κ3) is 6.93. The first-order valence-corrected chi connectivity index (χ1v) is 14.1. The molecule has 0 amide bonds. The summed E-state index contributed by atoms with van der Waals surface area (Å²) in [5.74, 6) is 0. The van der Waals surface area contributed by atoms with Crippen LogP contribution in [-0.4, -0.2) is 60.2 Å². The van der Waals surface area contributed by atoms with E-state index in [0.717, 1.165) is 58.8 Å². The Bertz CT molecular complexity index is 1310. The number of anilines is 1. The average Bonchev–Trinajstić information content (AvgIpc) is 2.93. The van der Waals surface area contributed by atoms with Crippen molar-refractivity contribution in [3.63, 3.8) is 0 Å². The van der Waals surface area contributed by atoms with Crippen LogP contribution in [0, 0.1) is 11.3 Å². The summed E-state index contributed by atoms with van der Waals surface area (Å²) in [6.45, 7) is 8.59. The van der Waals surface area contributed by atoms with Crippen LogP contribution in [0.4, 0.5) is 11.4 Å². The fraction of sp³-hybridized carbons (Fsp3) is 0.467. The van der Waals surface area contributed by atoms with Gasteiger partial charge in [0.2, 0.25) is 0 Å². The quantitative estimate of drug-likeness (QED) is 0.412. The SMILES string of the molecule is N#Cc1cc(N=c2ccn(CCN3CCCCC3)c3cc(Cl)ccc23)cc(NCCN2CCCCC2)c1. The lowest BCUT2D eigenvalue weighted by atomic mass is 10.1. The minimum atomic E-state index is 0.613. The number of pyridine rings is 1. The van der Waals surface area contributed by atoms with Gasteiger partial charge in [-0.3, -0.25) is 0 Å². The normalized spacial score (nSPS) is 17.7. The molecule has 0 unspecified atom stereocenters. The Labute approximate surface area is 225 Å². The largest absolute Gasteiger partial charge is 0.384 e. The molecule has 0 atom stereocenters. The molecule has 0 spiro atoms. The Morgan fingerprint density at radius 3 is 2.30 bits per heavy atom. The van der Waals surface area contributed by atoms with Crippen LogP contribution >= 0.6 is 11.6 Å². The number of nitrogens with one attached hydrogen (secondary N) is 1. The molecule has 0 radical (unpaired) electrons. The van der Waals surface area contributed by atoms with E-state index in [1.165, 1.54) is 64.7 Å². The van der Waals surface area contributed by atoms with Gasteiger partial charge in [-0.15, -0.1) is 0 Å². The van der Waals surface area contributed by atoms with Crippen molar-refractivity contribution in [1.29, 1.82) is 5.26 Å². The van der Waals surface area contributed by atoms with Crippen LogP contribution in [0.2, 0.25) is 5.02 Å². The van der Waals surface area contributed by atoms with Crippen LogP contribution in [0.5, 0.6) is 0 Å². The molecule has 37 heavy (non-hydrogen) atoms. The van der Waals surface area contributed by atoms with Crippen molar-refractivity contribution in [2.75, 3.05) is 51.1 Å². The lowest BCUT2D eigenvalue weighted by molar-refractivity contribution is 0.221. The molecule has 6 nitrogen and oxygen atoms in total. The fourth-order valence-corrected chi connectivity index (χ4v) is 5.70. The van der Waals surface area contributed by atoms with Gasteiger partial charge in [0.1, 0.15) is 0 Å². The monoisotopic (exact) mass is 516 g/mol. The molecule has 2 saturated heterocycles. The van der Waals surface area contributed by atoms with Crippen molar-refractivity contribution in [1.82, 2.24) is 14.4 Å². The summed E-state index contributed by atoms with van der Waals surface area (Å²) < 4.78 is 2.29. The maximum absolute atomic E-state index is 9.64. The molecule has 2 aliphatic heterocycles. The van der Waals surface area contributed by atoms with Crippen molar-refractivity contribution < 1.29 is 0 Å². The van der Waals surface area contributed by atoms with E-state index in [1.54, 1.807) is 0 Å². The van der Waals surface area contributed by atoms with E-state index in [0.29, 0.717) is 5.56 Å². The first kappa shape index (κ1) is 25.8. The number of fused-ring (bicyclic) bond motifs is 1. The summed E-state index contributed by atoms with van der Waals surface area (Å²) in [6.07, 6.45) is 9.99. The van der Waals surface area contributed by atoms with E-state index >= 15 is 0 Å². The number of piperidine rings is 2. The molecule has 3 aromatic rings. The van der Waals surface area contributed by atoms with Crippen molar-refractivity contribution >= 4 is 33.9 Å². The summed E-state index contributed by atoms with van der Waals surface area (Å²) in [5, 5.41) is 15.8. The molecule has 0 saturated carbocycles. The number of benzene rings is 2. The van der Waals surface area contributed by atoms with Crippen LogP contribution in [0.3, 0.4) is 0 Å². The highest BCUT2D eigenvalue weighted by atomic mass is 35.5. The van der Waals surface area contributed by atoms with Crippen molar-refractivity contribution in [2.24, 2.45) is 4.99 Å². The summed E-state index contributed by atoms with van der Waals surface area (Å²) >= 11 is 6.41. The van der Waals surface area contributed by atoms with Gasteiger partial charge in [-0.25, -0.2) is 4.99 Å². The third-order valence-electron chi connectivity index (χ3n) is 7.57. The molecule has 2 aromatic carbocycles. The zero-order chi connectivity index (χ0) is 25.5. The van der Waals surface area contributed by atoms with Crippen LogP contribution in [0.25, 0.3) is 10.9 Å². The van der Waals surface area contributed by atoms with Gasteiger partial charge >= 0.3 is 0 Å². The molecular formula is C30H37ClN6. The summed E-state index contributed by atoms with van der Waals surface area (Å²) in [6, 6.07) is 16.2. The Morgan fingerprint density at radius 2 is 1.57 bits per heavy atom. The number of nitriles is 1. The Balaban J connectivity index is 1.38. The zero-order valence-corrected chi connectivity index (χ0v) is 22.4. The van der Waals surface area contributed by atoms with Gasteiger partial charge in [-0.2, -0.15) is 5.26 Å². The highest BCUT2D eigenvalue weighted by Gasteiger charge is 2.12. The standard InChI is InChI=1S/C30H37ClN6/c31-25-7-8-28-29(9-15-37(30(28)21-25)18-17-36-13-5-2-6-14-36)34-27-20-24(23-32)19-26(22-27)33-10-16-35-11-3-1-4-12-35/h7-9,15,19-22,33H,1-6,10-14,16-18H2. The van der Waals surface area contributed by atoms with Crippen molar-refractivity contribution in [3.05, 3.63) is 64.6 Å². The van der Waals surface area contributed by atoms with E-state index in [-0.39, 0.29) is 0 Å². The van der Waals surface area contributed by atoms with Crippen LogP contribution in [0.15, 0.2) is 53.7 Å². The van der Waals surface area contributed by atoms with Gasteiger partial charge in [0.05, 0.1) is 28.2 Å². The number of rotatable bonds is 8. The minimum Gasteiger partial charge on any atom is -0.384 e. The first-order valence-electron chi connectivity index (χ1n) is 13.8. The van der Waals surface area contributed by atoms with Gasteiger partial charge < -0.3 is 19.7 Å². The van der Waals surface area contributed by atoms with Gasteiger partial charge in [0.25, 0.3) is 0 Å². The first-order chi connectivity index (χ1) is 18.2. The van der Waals surface area contributed by atoms with E-state index in [1.807, 2.05) is 30.3 Å². The molecule has 0 aliphatic carbocycles. The summed E-state index contributed by atoms with van der Waals surface area (Å²) in [5.41, 5.74) is 3.42. The smallest absolute Gasteiger partial charge is 0.0993 e. The van der Waals surface area contributed by atoms with Gasteiger partial charge in [0.15, 0.2) is 0 Å². The number of hydrogen-bond acceptors (Lipinski definition) is 5. The molecule has 7 heteroatoms. The van der Waals surface area contributed by atoms with Crippen LogP contribution in [0.1, 0.15) is 44.1 Å². The lowest BCUT2D eigenvalue weighted by Gasteiger charge is -2.27. The van der Waals surface area contributed by atoms with Gasteiger partial charge in [0, 0.05) is 48.5 Å². The minimum absolute atomic E-state index is 0.613. The Kier molecular flexibility index (Phi) is 8.78. The molecule has 3 heterocycles. The molecule has 5 rings (SSSR count). The average molecular weight is 517 g/mol. The number of halogens is 1. The predicted octanol–water partition coefficient (Wildman–Crippen LogP) is 5.78. The highest BCUT2D eigenvalue weighted by molar-refractivity contribution is 6.31. The fourth-order valence-electron chi connectivity index (χ4n) is 5.54. The maximum Gasteiger partial charge on any atom is 0.0993 e. The number of hydrogen-bond donors (Lipinski definition) is 1. The van der Waals surface area contributed by atoms with Crippen LogP contribution in [-0.2, 0) is 6.54 Å². The second kappa shape index (κ2) is 12.6. The van der Waals surface area contributed by atoms with E-state index in [9.17, 15) is 5.26 Å². The molecule has 2 fully saturated rings. The topological polar surface area (TPSA) is 59.6 Å². The summed E-state index contributed by atoms with van der Waals surface area (Å²) in [7, 11) is 0. The predicted molar refractivity (Wildman–Crippen MR) is 152 cm³/mol. The van der Waals surface area contributed by atoms with Crippen LogP contribution < -0.4 is 10.7 Å². The molecule has 1 N–H and O–H groups in total. The van der Waals surface area contributed by atoms with Crippen molar-refractivity contribution in [3.8, 4) is 6.07 Å². The molecular weight excluding hydrogens is 480 g/mol. The van der Waals surface area contributed by atoms with Crippen molar-refractivity contribution in [2.45, 2.75) is 45.1 Å². The second-order valence-electron chi connectivity index (χ2n) is 10.3. The van der Waals surface area contributed by atoms with E-state index in [2.05, 4.69) is 44.1 Å². The number of likely N-dealkylation sites (tertiary alicyclic amines) is 2. The highest BCUT2D eigenvalue weighted by Crippen LogP contribution is 2.23. The molecule has 2 aliphatic rings. The number of aromatic nitrogens is 1.